The molecule has 8 heteroatoms. The van der Waals surface area contributed by atoms with E-state index < -0.39 is 0 Å². The van der Waals surface area contributed by atoms with Crippen LogP contribution in [0.2, 0.25) is 10.0 Å². The fraction of sp³-hybridized carbons (Fsp3) is 0.185. The van der Waals surface area contributed by atoms with Crippen molar-refractivity contribution in [2.24, 2.45) is 0 Å². The van der Waals surface area contributed by atoms with E-state index in [0.29, 0.717) is 20.9 Å². The van der Waals surface area contributed by atoms with Gasteiger partial charge in [0.1, 0.15) is 23.3 Å². The normalized spacial score (nSPS) is 17.6. The Labute approximate surface area is 219 Å². The van der Waals surface area contributed by atoms with E-state index in [2.05, 4.69) is 15.2 Å². The van der Waals surface area contributed by atoms with Gasteiger partial charge in [-0.1, -0.05) is 29.3 Å². The van der Waals surface area contributed by atoms with E-state index in [1.165, 1.54) is 0 Å². The maximum atomic E-state index is 6.45. The smallest absolute Gasteiger partial charge is 0.174 e. The fourth-order valence-corrected chi connectivity index (χ4v) is 5.07. The number of anilines is 1. The number of hydrogen-bond acceptors (Lipinski definition) is 4. The Bertz CT molecular complexity index is 1340. The van der Waals surface area contributed by atoms with Crippen LogP contribution in [-0.2, 0) is 0 Å². The number of rotatable bonds is 6. The van der Waals surface area contributed by atoms with E-state index in [1.807, 2.05) is 74.5 Å². The van der Waals surface area contributed by atoms with Crippen LogP contribution in [0.25, 0.3) is 11.3 Å². The third-order valence-electron chi connectivity index (χ3n) is 5.70. The molecular weight excluding hydrogens is 501 g/mol. The van der Waals surface area contributed by atoms with Crippen molar-refractivity contribution in [2.45, 2.75) is 32.0 Å². The van der Waals surface area contributed by atoms with Crippen LogP contribution >= 0.6 is 35.4 Å². The van der Waals surface area contributed by atoms with Crippen molar-refractivity contribution in [1.29, 1.82) is 0 Å². The molecule has 0 spiro atoms. The van der Waals surface area contributed by atoms with E-state index in [9.17, 15) is 0 Å². The molecule has 0 radical (unpaired) electrons. The predicted octanol–water partition coefficient (Wildman–Crippen LogP) is 7.61. The number of benzene rings is 2. The van der Waals surface area contributed by atoms with Gasteiger partial charge in [-0.2, -0.15) is 0 Å². The summed E-state index contributed by atoms with van der Waals surface area (Å²) in [5.74, 6) is 2.19. The first-order valence-electron chi connectivity index (χ1n) is 11.2. The summed E-state index contributed by atoms with van der Waals surface area (Å²) in [6.07, 6.45) is 1.87. The average Bonchev–Trinajstić information content (AvgIpc) is 3.44. The molecule has 3 heterocycles. The number of halogens is 2. The molecule has 2 atom stereocenters. The topological polar surface area (TPSA) is 50.5 Å². The van der Waals surface area contributed by atoms with Gasteiger partial charge in [0.25, 0.3) is 0 Å². The van der Waals surface area contributed by atoms with Crippen molar-refractivity contribution < 1.29 is 9.15 Å². The summed E-state index contributed by atoms with van der Waals surface area (Å²) >= 11 is 18.3. The number of ether oxygens (including phenoxy) is 1. The zero-order chi connectivity index (χ0) is 24.5. The second kappa shape index (κ2) is 9.90. The van der Waals surface area contributed by atoms with Crippen LogP contribution in [-0.4, -0.2) is 16.2 Å². The standard InChI is InChI=1S/C27H23Cl2N3O2S/c1-16(2)33-19-9-7-18(8-10-19)32-26(25(31-27(32)35)22-5-3-4-14-30-22)24-13-12-23(34-24)20-11-6-17(28)15-21(20)29/h3-16,25-26H,1-2H3,(H,31,35)/t25-,26-/m1/s1. The summed E-state index contributed by atoms with van der Waals surface area (Å²) in [6, 6.07) is 22.5. The van der Waals surface area contributed by atoms with E-state index in [1.54, 1.807) is 18.3 Å². The third-order valence-corrected chi connectivity index (χ3v) is 6.56. The van der Waals surface area contributed by atoms with Crippen LogP contribution in [0.1, 0.15) is 37.4 Å². The van der Waals surface area contributed by atoms with Crippen LogP contribution in [0.5, 0.6) is 5.75 Å². The Morgan fingerprint density at radius 2 is 1.83 bits per heavy atom. The average molecular weight is 524 g/mol. The number of hydrogen-bond donors (Lipinski definition) is 1. The molecule has 2 aromatic carbocycles. The lowest BCUT2D eigenvalue weighted by Gasteiger charge is -2.26. The minimum atomic E-state index is -0.269. The second-order valence-electron chi connectivity index (χ2n) is 8.48. The van der Waals surface area contributed by atoms with Crippen molar-refractivity contribution in [3.05, 3.63) is 100 Å². The number of furan rings is 1. The van der Waals surface area contributed by atoms with Crippen molar-refractivity contribution in [2.75, 3.05) is 4.90 Å². The minimum absolute atomic E-state index is 0.0953. The van der Waals surface area contributed by atoms with Gasteiger partial charge in [0.05, 0.1) is 22.9 Å². The van der Waals surface area contributed by atoms with Gasteiger partial charge in [-0.3, -0.25) is 4.98 Å². The van der Waals surface area contributed by atoms with E-state index in [4.69, 9.17) is 44.6 Å². The fourth-order valence-electron chi connectivity index (χ4n) is 4.23. The highest BCUT2D eigenvalue weighted by atomic mass is 35.5. The molecular formula is C27H23Cl2N3O2S. The Hall–Kier alpha value is -3.06. The van der Waals surface area contributed by atoms with Crippen molar-refractivity contribution in [1.82, 2.24) is 10.3 Å². The molecule has 1 N–H and O–H groups in total. The number of nitrogens with zero attached hydrogens (tertiary/aromatic N) is 2. The first-order chi connectivity index (χ1) is 16.9. The Morgan fingerprint density at radius 1 is 1.03 bits per heavy atom. The van der Waals surface area contributed by atoms with Crippen molar-refractivity contribution >= 4 is 46.2 Å². The van der Waals surface area contributed by atoms with Crippen LogP contribution in [0.15, 0.2) is 83.4 Å². The molecule has 0 unspecified atom stereocenters. The molecule has 178 valence electrons. The molecule has 2 aromatic heterocycles. The molecule has 0 amide bonds. The highest BCUT2D eigenvalue weighted by Crippen LogP contribution is 2.43. The van der Waals surface area contributed by atoms with E-state index in [0.717, 1.165) is 28.5 Å². The lowest BCUT2D eigenvalue weighted by atomic mass is 10.0. The SMILES string of the molecule is CC(C)Oc1ccc(N2C(=S)N[C@H](c3ccccn3)[C@H]2c2ccc(-c3ccc(Cl)cc3Cl)o2)cc1. The first-order valence-corrected chi connectivity index (χ1v) is 12.4. The zero-order valence-electron chi connectivity index (χ0n) is 19.1. The summed E-state index contributed by atoms with van der Waals surface area (Å²) in [6.45, 7) is 4.00. The number of nitrogens with one attached hydrogen (secondary N) is 1. The van der Waals surface area contributed by atoms with Crippen LogP contribution in [0.3, 0.4) is 0 Å². The molecule has 5 rings (SSSR count). The van der Waals surface area contributed by atoms with Crippen LogP contribution < -0.4 is 15.0 Å². The molecule has 4 aromatic rings. The summed E-state index contributed by atoms with van der Waals surface area (Å²) < 4.78 is 12.2. The summed E-state index contributed by atoms with van der Waals surface area (Å²) in [4.78, 5) is 6.64. The summed E-state index contributed by atoms with van der Waals surface area (Å²) in [7, 11) is 0. The Kier molecular flexibility index (Phi) is 6.69. The largest absolute Gasteiger partial charge is 0.491 e. The number of pyridine rings is 1. The highest BCUT2D eigenvalue weighted by molar-refractivity contribution is 7.80. The van der Waals surface area contributed by atoms with Crippen molar-refractivity contribution in [3.8, 4) is 17.1 Å². The van der Waals surface area contributed by atoms with Gasteiger partial charge in [-0.05, 0) is 92.8 Å². The molecule has 0 bridgehead atoms. The van der Waals surface area contributed by atoms with Crippen LogP contribution in [0, 0.1) is 0 Å². The lowest BCUT2D eigenvalue weighted by Crippen LogP contribution is -2.29. The molecule has 1 saturated heterocycles. The first kappa shape index (κ1) is 23.7. The monoisotopic (exact) mass is 523 g/mol. The van der Waals surface area contributed by atoms with E-state index in [-0.39, 0.29) is 18.2 Å². The molecule has 5 nitrogen and oxygen atoms in total. The number of aromatic nitrogens is 1. The van der Waals surface area contributed by atoms with Crippen LogP contribution in [0.4, 0.5) is 5.69 Å². The minimum Gasteiger partial charge on any atom is -0.491 e. The van der Waals surface area contributed by atoms with E-state index >= 15 is 0 Å². The highest BCUT2D eigenvalue weighted by Gasteiger charge is 2.42. The third kappa shape index (κ3) is 4.87. The maximum absolute atomic E-state index is 6.45. The van der Waals surface area contributed by atoms with Gasteiger partial charge in [-0.15, -0.1) is 0 Å². The Balaban J connectivity index is 1.56. The van der Waals surface area contributed by atoms with Gasteiger partial charge in [0.2, 0.25) is 0 Å². The van der Waals surface area contributed by atoms with Gasteiger partial charge >= 0.3 is 0 Å². The van der Waals surface area contributed by atoms with Gasteiger partial charge < -0.3 is 19.4 Å². The van der Waals surface area contributed by atoms with Gasteiger partial charge in [0, 0.05) is 22.5 Å². The second-order valence-corrected chi connectivity index (χ2v) is 9.71. The molecule has 1 aliphatic heterocycles. The lowest BCUT2D eigenvalue weighted by molar-refractivity contribution is 0.242. The molecule has 0 saturated carbocycles. The van der Waals surface area contributed by atoms with Crippen molar-refractivity contribution in [3.63, 3.8) is 0 Å². The van der Waals surface area contributed by atoms with Gasteiger partial charge in [-0.25, -0.2) is 0 Å². The predicted molar refractivity (Wildman–Crippen MR) is 144 cm³/mol. The summed E-state index contributed by atoms with van der Waals surface area (Å²) in [5, 5.41) is 5.13. The molecule has 1 aliphatic rings. The van der Waals surface area contributed by atoms with Gasteiger partial charge in [0.15, 0.2) is 5.11 Å². The Morgan fingerprint density at radius 3 is 2.51 bits per heavy atom. The maximum Gasteiger partial charge on any atom is 0.174 e. The quantitative estimate of drug-likeness (QED) is 0.262. The zero-order valence-corrected chi connectivity index (χ0v) is 21.4. The number of thiocarbonyl (C=S) groups is 1. The molecule has 0 aliphatic carbocycles. The summed E-state index contributed by atoms with van der Waals surface area (Å²) in [5.41, 5.74) is 2.56. The molecule has 1 fully saturated rings. The molecule has 35 heavy (non-hydrogen) atoms.